The van der Waals surface area contributed by atoms with Gasteiger partial charge in [-0.2, -0.15) is 0 Å². The maximum Gasteiger partial charge on any atom is 0.343 e. The van der Waals surface area contributed by atoms with Crippen molar-refractivity contribution in [3.63, 3.8) is 0 Å². The Morgan fingerprint density at radius 3 is 1.33 bits per heavy atom. The lowest BCUT2D eigenvalue weighted by molar-refractivity contribution is -0.145. The van der Waals surface area contributed by atoms with Crippen LogP contribution in [0.5, 0.6) is 23.0 Å². The molecule has 0 spiro atoms. The lowest BCUT2D eigenvalue weighted by atomic mass is 10.1. The van der Waals surface area contributed by atoms with Crippen molar-refractivity contribution >= 4 is 35.4 Å². The van der Waals surface area contributed by atoms with Gasteiger partial charge in [0.15, 0.2) is 11.6 Å². The van der Waals surface area contributed by atoms with Crippen LogP contribution in [0.25, 0.3) is 0 Å². The molecule has 12 heteroatoms. The molecule has 0 unspecified atom stereocenters. The summed E-state index contributed by atoms with van der Waals surface area (Å²) < 4.78 is 30.8. The topological polar surface area (TPSA) is 158 Å². The number of allylic oxidation sites excluding steroid dienone is 1. The monoisotopic (exact) mass is 614 g/mol. The van der Waals surface area contributed by atoms with E-state index in [-0.39, 0.29) is 41.8 Å². The summed E-state index contributed by atoms with van der Waals surface area (Å²) in [5, 5.41) is 0. The molecule has 0 aliphatic carbocycles. The van der Waals surface area contributed by atoms with E-state index in [0.717, 1.165) is 18.2 Å². The first-order chi connectivity index (χ1) is 21.6. The van der Waals surface area contributed by atoms with Gasteiger partial charge in [0.25, 0.3) is 0 Å². The molecule has 45 heavy (non-hydrogen) atoms. The summed E-state index contributed by atoms with van der Waals surface area (Å²) >= 11 is 0. The first kappa shape index (κ1) is 33.2. The number of ketones is 2. The highest BCUT2D eigenvalue weighted by Gasteiger charge is 2.18. The van der Waals surface area contributed by atoms with E-state index >= 15 is 0 Å². The quantitative estimate of drug-likeness (QED) is 0.0553. The van der Waals surface area contributed by atoms with Crippen molar-refractivity contribution in [2.24, 2.45) is 0 Å². The van der Waals surface area contributed by atoms with Gasteiger partial charge in [0, 0.05) is 23.8 Å². The van der Waals surface area contributed by atoms with Crippen molar-refractivity contribution in [3.8, 4) is 23.0 Å². The van der Waals surface area contributed by atoms with Gasteiger partial charge >= 0.3 is 23.9 Å². The molecule has 0 radical (unpaired) electrons. The van der Waals surface area contributed by atoms with E-state index in [1.54, 1.807) is 0 Å². The number of hydrogen-bond donors (Lipinski definition) is 0. The molecular formula is C33H26O12. The Morgan fingerprint density at radius 2 is 0.956 bits per heavy atom. The van der Waals surface area contributed by atoms with Gasteiger partial charge in [0.2, 0.25) is 13.6 Å². The molecule has 0 aromatic heterocycles. The lowest BCUT2D eigenvalue weighted by Crippen LogP contribution is -2.13. The third-order valence-corrected chi connectivity index (χ3v) is 5.55. The van der Waals surface area contributed by atoms with Crippen LogP contribution in [0.3, 0.4) is 0 Å². The summed E-state index contributed by atoms with van der Waals surface area (Å²) in [6.07, 6.45) is 2.45. The van der Waals surface area contributed by atoms with Gasteiger partial charge in [-0.05, 0) is 66.7 Å². The van der Waals surface area contributed by atoms with Crippen LogP contribution in [-0.4, -0.2) is 49.0 Å². The fourth-order valence-electron chi connectivity index (χ4n) is 3.32. The second kappa shape index (κ2) is 16.4. The van der Waals surface area contributed by atoms with Crippen molar-refractivity contribution < 1.29 is 57.2 Å². The third kappa shape index (κ3) is 10.5. The predicted octanol–water partition coefficient (Wildman–Crippen LogP) is 4.58. The largest absolute Gasteiger partial charge is 0.457 e. The summed E-state index contributed by atoms with van der Waals surface area (Å²) in [7, 11) is 0. The zero-order valence-electron chi connectivity index (χ0n) is 23.7. The van der Waals surface area contributed by atoms with E-state index in [1.807, 2.05) is 0 Å². The van der Waals surface area contributed by atoms with E-state index < -0.39 is 41.9 Å². The number of carbonyl (C=O) groups is 6. The molecule has 0 aliphatic heterocycles. The number of rotatable bonds is 16. The van der Waals surface area contributed by atoms with Crippen molar-refractivity contribution in [3.05, 3.63) is 121 Å². The number of esters is 4. The average Bonchev–Trinajstić information content (AvgIpc) is 3.04. The Balaban J connectivity index is 1.75. The van der Waals surface area contributed by atoms with E-state index in [9.17, 15) is 28.8 Å². The van der Waals surface area contributed by atoms with Crippen LogP contribution in [0, 0.1) is 0 Å². The molecule has 12 nitrogen and oxygen atoms in total. The molecule has 3 aromatic carbocycles. The Labute approximate surface area is 257 Å². The fraction of sp³-hybridized carbons (Fsp3) is 0.0909. The highest BCUT2D eigenvalue weighted by atomic mass is 16.7. The van der Waals surface area contributed by atoms with Crippen molar-refractivity contribution in [2.45, 2.75) is 6.42 Å². The number of benzene rings is 3. The first-order valence-corrected chi connectivity index (χ1v) is 12.9. The SMILES string of the molecule is C=CC(=O)CC(=O)c1cc(OC(=O)c2ccc(OCOC(=O)C=C)cc2)cc(OC(=O)c2ccc(OCOC(=O)C=C)cc2)c1. The Morgan fingerprint density at radius 1 is 0.533 bits per heavy atom. The molecule has 0 atom stereocenters. The zero-order valence-corrected chi connectivity index (χ0v) is 23.7. The standard InChI is InChI=1S/C33H26O12/c1-4-24(34)17-29(35)23-15-27(44-32(38)21-7-11-25(12-8-21)40-19-42-30(36)5-2)18-28(16-23)45-33(39)22-9-13-26(14-10-22)41-20-43-31(37)6-3/h4-16,18H,1-3,17,19-20H2. The number of hydrogen-bond acceptors (Lipinski definition) is 12. The van der Waals surface area contributed by atoms with Gasteiger partial charge in [0.1, 0.15) is 23.0 Å². The van der Waals surface area contributed by atoms with Gasteiger partial charge < -0.3 is 28.4 Å². The number of ether oxygens (including phenoxy) is 6. The van der Waals surface area contributed by atoms with Gasteiger partial charge in [0.05, 0.1) is 17.5 Å². The van der Waals surface area contributed by atoms with E-state index in [0.29, 0.717) is 11.5 Å². The second-order valence-corrected chi connectivity index (χ2v) is 8.65. The van der Waals surface area contributed by atoms with E-state index in [1.165, 1.54) is 66.7 Å². The van der Waals surface area contributed by atoms with Crippen LogP contribution in [0.15, 0.2) is 105 Å². The van der Waals surface area contributed by atoms with Crippen LogP contribution >= 0.6 is 0 Å². The molecule has 0 bridgehead atoms. The molecule has 0 heterocycles. The number of Topliss-reactive ketones (excluding diaryl/α,β-unsaturated/α-hetero) is 1. The maximum atomic E-state index is 12.8. The van der Waals surface area contributed by atoms with Gasteiger partial charge in [-0.1, -0.05) is 19.7 Å². The fourth-order valence-corrected chi connectivity index (χ4v) is 3.32. The Hall–Kier alpha value is -6.30. The minimum Gasteiger partial charge on any atom is -0.457 e. The minimum absolute atomic E-state index is 0.0612. The first-order valence-electron chi connectivity index (χ1n) is 12.9. The van der Waals surface area contributed by atoms with Crippen LogP contribution in [0.1, 0.15) is 37.5 Å². The summed E-state index contributed by atoms with van der Waals surface area (Å²) in [6, 6.07) is 15.0. The summed E-state index contributed by atoms with van der Waals surface area (Å²) in [4.78, 5) is 72.4. The van der Waals surface area contributed by atoms with Crippen molar-refractivity contribution in [1.82, 2.24) is 0 Å². The molecule has 0 amide bonds. The van der Waals surface area contributed by atoms with E-state index in [4.69, 9.17) is 28.4 Å². The molecule has 0 saturated heterocycles. The van der Waals surface area contributed by atoms with Crippen LogP contribution < -0.4 is 18.9 Å². The Bertz CT molecular complexity index is 1520. The van der Waals surface area contributed by atoms with Gasteiger partial charge in [-0.3, -0.25) is 9.59 Å². The van der Waals surface area contributed by atoms with Crippen LogP contribution in [0.4, 0.5) is 0 Å². The molecule has 0 saturated carbocycles. The maximum absolute atomic E-state index is 12.8. The number of carbonyl (C=O) groups excluding carboxylic acids is 6. The minimum atomic E-state index is -0.821. The predicted molar refractivity (Wildman–Crippen MR) is 157 cm³/mol. The molecule has 230 valence electrons. The summed E-state index contributed by atoms with van der Waals surface area (Å²) in [5.74, 6) is -3.83. The van der Waals surface area contributed by atoms with Gasteiger partial charge in [-0.15, -0.1) is 0 Å². The summed E-state index contributed by atoms with van der Waals surface area (Å²) in [5.41, 5.74) is 0.141. The van der Waals surface area contributed by atoms with Crippen LogP contribution in [-0.2, 0) is 23.9 Å². The van der Waals surface area contributed by atoms with Crippen molar-refractivity contribution in [2.75, 3.05) is 13.6 Å². The highest BCUT2D eigenvalue weighted by molar-refractivity contribution is 6.11. The zero-order chi connectivity index (χ0) is 32.8. The molecular weight excluding hydrogens is 588 g/mol. The normalized spacial score (nSPS) is 9.96. The average molecular weight is 615 g/mol. The molecule has 0 aliphatic rings. The lowest BCUT2D eigenvalue weighted by Gasteiger charge is -2.11. The molecule has 3 rings (SSSR count). The van der Waals surface area contributed by atoms with Crippen LogP contribution in [0.2, 0.25) is 0 Å². The van der Waals surface area contributed by atoms with Gasteiger partial charge in [-0.25, -0.2) is 19.2 Å². The highest BCUT2D eigenvalue weighted by Crippen LogP contribution is 2.26. The molecule has 3 aromatic rings. The second-order valence-electron chi connectivity index (χ2n) is 8.65. The van der Waals surface area contributed by atoms with Crippen molar-refractivity contribution in [1.29, 1.82) is 0 Å². The smallest absolute Gasteiger partial charge is 0.343 e. The van der Waals surface area contributed by atoms with E-state index in [2.05, 4.69) is 19.7 Å². The third-order valence-electron chi connectivity index (χ3n) is 5.55. The molecule has 0 N–H and O–H groups in total. The molecule has 0 fully saturated rings. The summed E-state index contributed by atoms with van der Waals surface area (Å²) in [6.45, 7) is 9.16. The Kier molecular flexibility index (Phi) is 12.1.